The summed E-state index contributed by atoms with van der Waals surface area (Å²) in [6.45, 7) is 1.07. The zero-order valence-corrected chi connectivity index (χ0v) is 20.7. The van der Waals surface area contributed by atoms with E-state index in [1.165, 1.54) is 31.2 Å². The Labute approximate surface area is 200 Å². The Morgan fingerprint density at radius 1 is 1.06 bits per heavy atom. The molecule has 0 radical (unpaired) electrons. The molecule has 0 bridgehead atoms. The molecule has 1 amide bonds. The number of anilines is 3. The normalized spacial score (nSPS) is 18.8. The Bertz CT molecular complexity index is 1290. The van der Waals surface area contributed by atoms with Gasteiger partial charge in [0.2, 0.25) is 10.0 Å². The van der Waals surface area contributed by atoms with E-state index in [1.807, 2.05) is 0 Å². The van der Waals surface area contributed by atoms with Crippen molar-refractivity contribution in [3.8, 4) is 0 Å². The number of carbonyl (C=O) groups is 1. The molecule has 1 aliphatic heterocycles. The lowest BCUT2D eigenvalue weighted by Crippen LogP contribution is -2.35. The monoisotopic (exact) mass is 506 g/mol. The highest BCUT2D eigenvalue weighted by molar-refractivity contribution is 7.92. The van der Waals surface area contributed by atoms with Gasteiger partial charge < -0.3 is 15.3 Å². The Hall–Kier alpha value is -2.63. The van der Waals surface area contributed by atoms with Crippen molar-refractivity contribution < 1.29 is 22.5 Å². The SMILES string of the molecule is CS(=N)(=O)c1cccc(NC(=O)c2ccc(NS(=O)(=O)CCO)cc2N2CCC3(CC2)CC3)c1. The second kappa shape index (κ2) is 9.20. The van der Waals surface area contributed by atoms with E-state index < -0.39 is 32.1 Å². The first-order valence-corrected chi connectivity index (χ1v) is 14.8. The first-order chi connectivity index (χ1) is 16.0. The molecule has 9 nitrogen and oxygen atoms in total. The maximum Gasteiger partial charge on any atom is 0.257 e. The van der Waals surface area contributed by atoms with Gasteiger partial charge in [-0.05, 0) is 67.5 Å². The Morgan fingerprint density at radius 3 is 2.38 bits per heavy atom. The molecule has 1 heterocycles. The van der Waals surface area contributed by atoms with Crippen LogP contribution in [0.5, 0.6) is 0 Å². The second-order valence-electron chi connectivity index (χ2n) is 9.19. The molecule has 0 aromatic heterocycles. The van der Waals surface area contributed by atoms with Crippen molar-refractivity contribution in [2.45, 2.75) is 30.6 Å². The van der Waals surface area contributed by atoms with Crippen LogP contribution in [-0.4, -0.2) is 55.3 Å². The van der Waals surface area contributed by atoms with Crippen LogP contribution in [0.4, 0.5) is 17.1 Å². The molecule has 2 aromatic carbocycles. The highest BCUT2D eigenvalue weighted by Gasteiger charge is 2.44. The highest BCUT2D eigenvalue weighted by atomic mass is 32.2. The molecule has 4 rings (SSSR count). The van der Waals surface area contributed by atoms with Gasteiger partial charge in [-0.2, -0.15) is 0 Å². The number of aliphatic hydroxyl groups excluding tert-OH is 1. The van der Waals surface area contributed by atoms with Gasteiger partial charge in [0, 0.05) is 29.9 Å². The van der Waals surface area contributed by atoms with E-state index >= 15 is 0 Å². The lowest BCUT2D eigenvalue weighted by atomic mass is 9.93. The maximum atomic E-state index is 13.2. The Balaban J connectivity index is 1.63. The van der Waals surface area contributed by atoms with Crippen molar-refractivity contribution in [3.63, 3.8) is 0 Å². The van der Waals surface area contributed by atoms with E-state index in [4.69, 9.17) is 9.89 Å². The van der Waals surface area contributed by atoms with Crippen molar-refractivity contribution in [1.29, 1.82) is 4.78 Å². The van der Waals surface area contributed by atoms with Crippen LogP contribution >= 0.6 is 0 Å². The number of nitrogens with one attached hydrogen (secondary N) is 3. The number of hydrogen-bond donors (Lipinski definition) is 4. The van der Waals surface area contributed by atoms with Crippen molar-refractivity contribution in [2.24, 2.45) is 5.41 Å². The molecule has 1 aliphatic carbocycles. The van der Waals surface area contributed by atoms with Gasteiger partial charge in [-0.3, -0.25) is 9.52 Å². The largest absolute Gasteiger partial charge is 0.395 e. The van der Waals surface area contributed by atoms with Gasteiger partial charge >= 0.3 is 0 Å². The highest BCUT2D eigenvalue weighted by Crippen LogP contribution is 2.54. The van der Waals surface area contributed by atoms with Crippen LogP contribution in [0, 0.1) is 10.2 Å². The fraction of sp³-hybridized carbons (Fsp3) is 0.435. The molecule has 11 heteroatoms. The third kappa shape index (κ3) is 5.70. The first kappa shape index (κ1) is 24.5. The number of hydrogen-bond acceptors (Lipinski definition) is 7. The standard InChI is InChI=1S/C23H30N4O5S2/c1-33(24,30)19-4-2-3-17(15-19)25-22(29)20-6-5-18(26-34(31,32)14-13-28)16-21(20)27-11-9-23(7-8-23)10-12-27/h2-6,15-16,24,26,28H,7-14H2,1H3,(H,25,29). The molecule has 1 saturated heterocycles. The van der Waals surface area contributed by atoms with Crippen LogP contribution in [-0.2, 0) is 19.8 Å². The van der Waals surface area contributed by atoms with Gasteiger partial charge in [0.15, 0.2) is 0 Å². The zero-order valence-electron chi connectivity index (χ0n) is 19.0. The fourth-order valence-corrected chi connectivity index (χ4v) is 5.83. The topological polar surface area (TPSA) is 140 Å². The maximum absolute atomic E-state index is 13.2. The fourth-order valence-electron chi connectivity index (χ4n) is 4.31. The van der Waals surface area contributed by atoms with E-state index in [0.717, 1.165) is 25.9 Å². The van der Waals surface area contributed by atoms with Crippen LogP contribution in [0.1, 0.15) is 36.0 Å². The van der Waals surface area contributed by atoms with Crippen LogP contribution < -0.4 is 14.9 Å². The molecular formula is C23H30N4O5S2. The Kier molecular flexibility index (Phi) is 6.63. The number of rotatable bonds is 8. The van der Waals surface area contributed by atoms with Crippen molar-refractivity contribution >= 4 is 42.7 Å². The summed E-state index contributed by atoms with van der Waals surface area (Å²) in [7, 11) is -6.63. The van der Waals surface area contributed by atoms with E-state index in [1.54, 1.807) is 30.3 Å². The van der Waals surface area contributed by atoms with Crippen molar-refractivity contribution in [3.05, 3.63) is 48.0 Å². The number of aliphatic hydroxyl groups is 1. The van der Waals surface area contributed by atoms with Crippen LogP contribution in [0.2, 0.25) is 0 Å². The summed E-state index contributed by atoms with van der Waals surface area (Å²) in [5, 5.41) is 11.8. The zero-order chi connectivity index (χ0) is 24.6. The van der Waals surface area contributed by atoms with Crippen molar-refractivity contribution in [2.75, 3.05) is 46.6 Å². The van der Waals surface area contributed by atoms with Crippen LogP contribution in [0.15, 0.2) is 47.4 Å². The smallest absolute Gasteiger partial charge is 0.257 e. The van der Waals surface area contributed by atoms with Gasteiger partial charge in [-0.1, -0.05) is 6.07 Å². The summed E-state index contributed by atoms with van der Waals surface area (Å²) in [5.41, 5.74) is 2.22. The van der Waals surface area contributed by atoms with Gasteiger partial charge in [-0.15, -0.1) is 0 Å². The molecule has 4 N–H and O–H groups in total. The molecular weight excluding hydrogens is 476 g/mol. The summed E-state index contributed by atoms with van der Waals surface area (Å²) in [5.74, 6) is -0.791. The second-order valence-corrected chi connectivity index (χ2v) is 13.2. The van der Waals surface area contributed by atoms with Gasteiger partial charge in [0.1, 0.15) is 0 Å². The third-order valence-electron chi connectivity index (χ3n) is 6.54. The summed E-state index contributed by atoms with van der Waals surface area (Å²) in [6.07, 6.45) is 5.87. The molecule has 34 heavy (non-hydrogen) atoms. The minimum absolute atomic E-state index is 0.324. The molecule has 2 aromatic rings. The predicted molar refractivity (Wildman–Crippen MR) is 133 cm³/mol. The first-order valence-electron chi connectivity index (χ1n) is 11.2. The molecule has 1 spiro atoms. The van der Waals surface area contributed by atoms with E-state index in [0.29, 0.717) is 32.9 Å². The van der Waals surface area contributed by atoms with Gasteiger partial charge in [-0.25, -0.2) is 17.4 Å². The number of sulfonamides is 1. The van der Waals surface area contributed by atoms with E-state index in [2.05, 4.69) is 14.9 Å². The quantitative estimate of drug-likeness (QED) is 0.434. The lowest BCUT2D eigenvalue weighted by Gasteiger charge is -2.35. The van der Waals surface area contributed by atoms with E-state index in [9.17, 15) is 17.4 Å². The lowest BCUT2D eigenvalue weighted by molar-refractivity contribution is 0.102. The summed E-state index contributed by atoms with van der Waals surface area (Å²) >= 11 is 0. The van der Waals surface area contributed by atoms with Gasteiger partial charge in [0.05, 0.1) is 39.0 Å². The number of piperidine rings is 1. The van der Waals surface area contributed by atoms with Crippen molar-refractivity contribution in [1.82, 2.24) is 0 Å². The summed E-state index contributed by atoms with van der Waals surface area (Å²) < 4.78 is 46.6. The minimum atomic E-state index is -3.71. The molecule has 2 aliphatic rings. The molecule has 1 saturated carbocycles. The third-order valence-corrected chi connectivity index (χ3v) is 8.96. The Morgan fingerprint density at radius 2 is 1.76 bits per heavy atom. The number of benzene rings is 2. The number of amides is 1. The summed E-state index contributed by atoms with van der Waals surface area (Å²) in [4.78, 5) is 15.7. The van der Waals surface area contributed by atoms with E-state index in [-0.39, 0.29) is 5.91 Å². The molecule has 2 fully saturated rings. The van der Waals surface area contributed by atoms with Crippen LogP contribution in [0.25, 0.3) is 0 Å². The van der Waals surface area contributed by atoms with Crippen LogP contribution in [0.3, 0.4) is 0 Å². The minimum Gasteiger partial charge on any atom is -0.395 e. The molecule has 184 valence electrons. The average molecular weight is 507 g/mol. The number of nitrogens with zero attached hydrogens (tertiary/aromatic N) is 1. The average Bonchev–Trinajstić information content (AvgIpc) is 3.52. The molecule has 1 atom stereocenters. The molecule has 1 unspecified atom stereocenters. The predicted octanol–water partition coefficient (Wildman–Crippen LogP) is 3.09. The summed E-state index contributed by atoms with van der Waals surface area (Å²) in [6, 6.07) is 11.2. The van der Waals surface area contributed by atoms with Gasteiger partial charge in [0.25, 0.3) is 5.91 Å². The number of carbonyl (C=O) groups excluding carboxylic acids is 1.